The van der Waals surface area contributed by atoms with Gasteiger partial charge in [0.25, 0.3) is 0 Å². The third-order valence-electron chi connectivity index (χ3n) is 2.86. The largest absolute Gasteiger partial charge is 0.497 e. The van der Waals surface area contributed by atoms with Crippen LogP contribution in [0.1, 0.15) is 10.4 Å². The number of hydrogen-bond donors (Lipinski definition) is 0. The van der Waals surface area contributed by atoms with E-state index in [1.807, 2.05) is 36.4 Å². The summed E-state index contributed by atoms with van der Waals surface area (Å²) >= 11 is 1.70. The van der Waals surface area contributed by atoms with Crippen molar-refractivity contribution in [1.82, 2.24) is 0 Å². The molecule has 0 unspecified atom stereocenters. The first-order valence-corrected chi connectivity index (χ1v) is 6.09. The molecule has 1 heterocycles. The maximum Gasteiger partial charge on any atom is 0.150 e. The summed E-state index contributed by atoms with van der Waals surface area (Å²) in [6, 6.07) is 11.8. The molecule has 3 aromatic rings. The molecule has 0 aliphatic rings. The molecule has 0 radical (unpaired) electrons. The monoisotopic (exact) mass is 242 g/mol. The van der Waals surface area contributed by atoms with Crippen molar-refractivity contribution in [1.29, 1.82) is 0 Å². The van der Waals surface area contributed by atoms with Crippen molar-refractivity contribution in [3.8, 4) is 5.75 Å². The predicted octanol–water partition coefficient (Wildman–Crippen LogP) is 3.88. The minimum absolute atomic E-state index is 0.738. The number of fused-ring (bicyclic) bond motifs is 3. The van der Waals surface area contributed by atoms with Crippen LogP contribution in [0.25, 0.3) is 20.2 Å². The molecule has 2 aromatic carbocycles. The molecule has 0 aliphatic carbocycles. The number of carbonyl (C=O) groups is 1. The van der Waals surface area contributed by atoms with Gasteiger partial charge in [0.15, 0.2) is 6.29 Å². The Labute approximate surface area is 102 Å². The van der Waals surface area contributed by atoms with Crippen molar-refractivity contribution in [2.45, 2.75) is 0 Å². The van der Waals surface area contributed by atoms with Crippen LogP contribution >= 0.6 is 11.3 Å². The summed E-state index contributed by atoms with van der Waals surface area (Å²) in [4.78, 5) is 11.1. The Kier molecular flexibility index (Phi) is 2.34. The van der Waals surface area contributed by atoms with E-state index in [9.17, 15) is 4.79 Å². The normalized spacial score (nSPS) is 10.9. The SMILES string of the molecule is COc1ccc2sc3cccc(C=O)c3c2c1. The first kappa shape index (κ1) is 10.3. The van der Waals surface area contributed by atoms with Crippen LogP contribution < -0.4 is 4.74 Å². The number of hydrogen-bond acceptors (Lipinski definition) is 3. The van der Waals surface area contributed by atoms with Gasteiger partial charge in [0.1, 0.15) is 5.75 Å². The Morgan fingerprint density at radius 3 is 2.82 bits per heavy atom. The van der Waals surface area contributed by atoms with Crippen LogP contribution in [0.2, 0.25) is 0 Å². The molecule has 0 atom stereocenters. The molecule has 0 saturated carbocycles. The van der Waals surface area contributed by atoms with Crippen molar-refractivity contribution >= 4 is 37.8 Å². The molecule has 0 bridgehead atoms. The first-order chi connectivity index (χ1) is 8.33. The molecule has 0 amide bonds. The van der Waals surface area contributed by atoms with Gasteiger partial charge < -0.3 is 4.74 Å². The average molecular weight is 242 g/mol. The Balaban J connectivity index is 2.50. The fourth-order valence-electron chi connectivity index (χ4n) is 2.06. The first-order valence-electron chi connectivity index (χ1n) is 5.28. The minimum Gasteiger partial charge on any atom is -0.497 e. The van der Waals surface area contributed by atoms with Gasteiger partial charge in [0, 0.05) is 25.7 Å². The maximum atomic E-state index is 11.1. The van der Waals surface area contributed by atoms with Gasteiger partial charge in [-0.2, -0.15) is 0 Å². The van der Waals surface area contributed by atoms with E-state index in [1.165, 1.54) is 4.70 Å². The second kappa shape index (κ2) is 3.86. The van der Waals surface area contributed by atoms with Gasteiger partial charge in [0.2, 0.25) is 0 Å². The smallest absolute Gasteiger partial charge is 0.150 e. The average Bonchev–Trinajstić information content (AvgIpc) is 2.75. The van der Waals surface area contributed by atoms with Crippen LogP contribution in [-0.2, 0) is 0 Å². The zero-order valence-corrected chi connectivity index (χ0v) is 10.1. The zero-order chi connectivity index (χ0) is 11.8. The van der Waals surface area contributed by atoms with E-state index in [0.717, 1.165) is 33.1 Å². The number of aldehydes is 1. The minimum atomic E-state index is 0.738. The number of carbonyl (C=O) groups excluding carboxylic acids is 1. The van der Waals surface area contributed by atoms with Crippen LogP contribution in [0.5, 0.6) is 5.75 Å². The lowest BCUT2D eigenvalue weighted by Gasteiger charge is -1.99. The molecule has 1 aromatic heterocycles. The highest BCUT2D eigenvalue weighted by atomic mass is 32.1. The third kappa shape index (κ3) is 1.51. The molecule has 17 heavy (non-hydrogen) atoms. The Bertz CT molecular complexity index is 713. The molecule has 0 spiro atoms. The summed E-state index contributed by atoms with van der Waals surface area (Å²) in [5.41, 5.74) is 0.738. The molecule has 3 heteroatoms. The van der Waals surface area contributed by atoms with E-state index in [4.69, 9.17) is 4.74 Å². The lowest BCUT2D eigenvalue weighted by Crippen LogP contribution is -1.82. The van der Waals surface area contributed by atoms with Crippen LogP contribution in [0, 0.1) is 0 Å². The van der Waals surface area contributed by atoms with E-state index >= 15 is 0 Å². The standard InChI is InChI=1S/C14H10O2S/c1-16-10-5-6-12-11(7-10)14-9(8-15)3-2-4-13(14)17-12/h2-8H,1H3. The summed E-state index contributed by atoms with van der Waals surface area (Å²) in [5.74, 6) is 0.818. The van der Waals surface area contributed by atoms with Crippen molar-refractivity contribution in [3.63, 3.8) is 0 Å². The van der Waals surface area contributed by atoms with Gasteiger partial charge in [-0.05, 0) is 24.3 Å². The van der Waals surface area contributed by atoms with Gasteiger partial charge in [0.05, 0.1) is 7.11 Å². The number of rotatable bonds is 2. The highest BCUT2D eigenvalue weighted by Crippen LogP contribution is 2.37. The lowest BCUT2D eigenvalue weighted by atomic mass is 10.1. The number of thiophene rings is 1. The number of methoxy groups -OCH3 is 1. The van der Waals surface area contributed by atoms with Crippen LogP contribution in [-0.4, -0.2) is 13.4 Å². The van der Waals surface area contributed by atoms with Crippen molar-refractivity contribution in [2.75, 3.05) is 7.11 Å². The number of ether oxygens (including phenoxy) is 1. The van der Waals surface area contributed by atoms with Crippen molar-refractivity contribution in [2.24, 2.45) is 0 Å². The van der Waals surface area contributed by atoms with Gasteiger partial charge in [-0.25, -0.2) is 0 Å². The van der Waals surface area contributed by atoms with E-state index in [1.54, 1.807) is 18.4 Å². The highest BCUT2D eigenvalue weighted by molar-refractivity contribution is 7.25. The summed E-state index contributed by atoms with van der Waals surface area (Å²) in [7, 11) is 1.65. The zero-order valence-electron chi connectivity index (χ0n) is 9.27. The maximum absolute atomic E-state index is 11.1. The molecule has 0 aliphatic heterocycles. The van der Waals surface area contributed by atoms with E-state index < -0.39 is 0 Å². The quantitative estimate of drug-likeness (QED) is 0.637. The molecule has 0 N–H and O–H groups in total. The highest BCUT2D eigenvalue weighted by Gasteiger charge is 2.09. The molecular weight excluding hydrogens is 232 g/mol. The second-order valence-corrected chi connectivity index (χ2v) is 4.89. The van der Waals surface area contributed by atoms with Crippen LogP contribution in [0.4, 0.5) is 0 Å². The number of benzene rings is 2. The summed E-state index contributed by atoms with van der Waals surface area (Å²) in [5, 5.41) is 2.12. The molecule has 0 saturated heterocycles. The fraction of sp³-hybridized carbons (Fsp3) is 0.0714. The van der Waals surface area contributed by atoms with E-state index in [-0.39, 0.29) is 0 Å². The predicted molar refractivity (Wildman–Crippen MR) is 71.3 cm³/mol. The van der Waals surface area contributed by atoms with Gasteiger partial charge in [-0.15, -0.1) is 11.3 Å². The van der Waals surface area contributed by atoms with E-state index in [2.05, 4.69) is 0 Å². The molecule has 0 fully saturated rings. The summed E-state index contributed by atoms with van der Waals surface area (Å²) < 4.78 is 7.54. The Morgan fingerprint density at radius 2 is 2.06 bits per heavy atom. The molecular formula is C14H10O2S. The van der Waals surface area contributed by atoms with Gasteiger partial charge in [-0.1, -0.05) is 12.1 Å². The van der Waals surface area contributed by atoms with Crippen molar-refractivity contribution < 1.29 is 9.53 Å². The second-order valence-electron chi connectivity index (χ2n) is 3.80. The molecule has 2 nitrogen and oxygen atoms in total. The van der Waals surface area contributed by atoms with Crippen LogP contribution in [0.15, 0.2) is 36.4 Å². The van der Waals surface area contributed by atoms with Crippen molar-refractivity contribution in [3.05, 3.63) is 42.0 Å². The van der Waals surface area contributed by atoms with Gasteiger partial charge >= 0.3 is 0 Å². The van der Waals surface area contributed by atoms with Crippen LogP contribution in [0.3, 0.4) is 0 Å². The fourth-order valence-corrected chi connectivity index (χ4v) is 3.18. The van der Waals surface area contributed by atoms with Gasteiger partial charge in [-0.3, -0.25) is 4.79 Å². The topological polar surface area (TPSA) is 26.3 Å². The summed E-state index contributed by atoms with van der Waals surface area (Å²) in [6.07, 6.45) is 0.911. The Morgan fingerprint density at radius 1 is 1.18 bits per heavy atom. The molecule has 3 rings (SSSR count). The van der Waals surface area contributed by atoms with E-state index in [0.29, 0.717) is 0 Å². The molecule has 84 valence electrons. The Hall–Kier alpha value is -1.87. The summed E-state index contributed by atoms with van der Waals surface area (Å²) in [6.45, 7) is 0. The lowest BCUT2D eigenvalue weighted by molar-refractivity contribution is 0.112. The third-order valence-corrected chi connectivity index (χ3v) is 4.00.